The average molecular weight is 233 g/mol. The fourth-order valence-electron chi connectivity index (χ4n) is 2.28. The molecule has 17 heavy (non-hydrogen) atoms. The first-order valence-corrected chi connectivity index (χ1v) is 6.15. The van der Waals surface area contributed by atoms with Crippen LogP contribution in [0.5, 0.6) is 0 Å². The lowest BCUT2D eigenvalue weighted by Crippen LogP contribution is -2.26. The molecular weight excluding hydrogens is 214 g/mol. The van der Waals surface area contributed by atoms with Crippen LogP contribution in [-0.4, -0.2) is 28.9 Å². The van der Waals surface area contributed by atoms with Crippen molar-refractivity contribution in [3.63, 3.8) is 0 Å². The van der Waals surface area contributed by atoms with Crippen molar-refractivity contribution in [2.45, 2.75) is 26.3 Å². The van der Waals surface area contributed by atoms with Gasteiger partial charge in [0.15, 0.2) is 0 Å². The molecule has 4 heteroatoms. The number of aromatic nitrogens is 1. The van der Waals surface area contributed by atoms with Crippen LogP contribution in [0.4, 0.5) is 0 Å². The van der Waals surface area contributed by atoms with Gasteiger partial charge in [-0.25, -0.2) is 0 Å². The van der Waals surface area contributed by atoms with Gasteiger partial charge >= 0.3 is 0 Å². The van der Waals surface area contributed by atoms with Gasteiger partial charge < -0.3 is 10.6 Å². The zero-order valence-corrected chi connectivity index (χ0v) is 10.2. The maximum atomic E-state index is 11.8. The first-order valence-electron chi connectivity index (χ1n) is 6.15. The molecule has 0 radical (unpaired) electrons. The van der Waals surface area contributed by atoms with Gasteiger partial charge in [-0.3, -0.25) is 9.78 Å². The first-order chi connectivity index (χ1) is 8.24. The van der Waals surface area contributed by atoms with E-state index in [1.807, 2.05) is 11.0 Å². The van der Waals surface area contributed by atoms with Crippen LogP contribution < -0.4 is 5.73 Å². The summed E-state index contributed by atoms with van der Waals surface area (Å²) in [7, 11) is 0. The summed E-state index contributed by atoms with van der Waals surface area (Å²) in [6.07, 6.45) is 3.33. The number of pyridine rings is 1. The van der Waals surface area contributed by atoms with E-state index in [2.05, 4.69) is 18.0 Å². The molecule has 1 aromatic heterocycles. The van der Waals surface area contributed by atoms with E-state index in [9.17, 15) is 4.79 Å². The third-order valence-corrected chi connectivity index (χ3v) is 3.33. The van der Waals surface area contributed by atoms with Crippen LogP contribution in [0, 0.1) is 5.92 Å². The van der Waals surface area contributed by atoms with E-state index in [1.54, 1.807) is 6.20 Å². The molecule has 4 nitrogen and oxygen atoms in total. The summed E-state index contributed by atoms with van der Waals surface area (Å²) < 4.78 is 0. The summed E-state index contributed by atoms with van der Waals surface area (Å²) in [6.45, 7) is 4.09. The predicted molar refractivity (Wildman–Crippen MR) is 66.2 cm³/mol. The van der Waals surface area contributed by atoms with Gasteiger partial charge in [0.1, 0.15) is 0 Å². The standard InChI is InChI=1S/C13H19N3O/c1-2-11-4-3-5-15-12(11)9-16-8-10(7-14)6-13(16)17/h3-5,10H,2,6-9,14H2,1H3. The highest BCUT2D eigenvalue weighted by atomic mass is 16.2. The number of nitrogens with two attached hydrogens (primary N) is 1. The summed E-state index contributed by atoms with van der Waals surface area (Å²) in [5, 5.41) is 0. The number of likely N-dealkylation sites (tertiary alicyclic amines) is 1. The number of nitrogens with zero attached hydrogens (tertiary/aromatic N) is 2. The van der Waals surface area contributed by atoms with Crippen molar-refractivity contribution >= 4 is 5.91 Å². The minimum atomic E-state index is 0.202. The second-order valence-electron chi connectivity index (χ2n) is 4.54. The Balaban J connectivity index is 2.08. The van der Waals surface area contributed by atoms with Gasteiger partial charge in [0, 0.05) is 19.2 Å². The molecule has 0 bridgehead atoms. The van der Waals surface area contributed by atoms with Gasteiger partial charge in [-0.05, 0) is 30.5 Å². The Bertz CT molecular complexity index is 405. The summed E-state index contributed by atoms with van der Waals surface area (Å²) in [5.41, 5.74) is 7.85. The van der Waals surface area contributed by atoms with E-state index in [0.717, 1.165) is 18.7 Å². The Labute approximate surface area is 102 Å². The zero-order chi connectivity index (χ0) is 12.3. The fraction of sp³-hybridized carbons (Fsp3) is 0.538. The molecule has 1 aliphatic heterocycles. The quantitative estimate of drug-likeness (QED) is 0.842. The lowest BCUT2D eigenvalue weighted by molar-refractivity contribution is -0.128. The molecule has 0 spiro atoms. The van der Waals surface area contributed by atoms with E-state index in [-0.39, 0.29) is 5.91 Å². The molecule has 1 fully saturated rings. The fourth-order valence-corrected chi connectivity index (χ4v) is 2.28. The third-order valence-electron chi connectivity index (χ3n) is 3.33. The molecule has 1 amide bonds. The minimum Gasteiger partial charge on any atom is -0.336 e. The molecule has 1 atom stereocenters. The highest BCUT2D eigenvalue weighted by Gasteiger charge is 2.28. The average Bonchev–Trinajstić information content (AvgIpc) is 2.71. The summed E-state index contributed by atoms with van der Waals surface area (Å²) in [4.78, 5) is 18.0. The van der Waals surface area contributed by atoms with Crippen LogP contribution in [0.25, 0.3) is 0 Å². The molecule has 2 N–H and O–H groups in total. The molecule has 1 unspecified atom stereocenters. The van der Waals surface area contributed by atoms with Crippen molar-refractivity contribution in [3.05, 3.63) is 29.6 Å². The maximum absolute atomic E-state index is 11.8. The number of amides is 1. The van der Waals surface area contributed by atoms with Gasteiger partial charge in [0.05, 0.1) is 12.2 Å². The van der Waals surface area contributed by atoms with Crippen LogP contribution in [0.15, 0.2) is 18.3 Å². The molecule has 1 aromatic rings. The van der Waals surface area contributed by atoms with Gasteiger partial charge in [-0.2, -0.15) is 0 Å². The van der Waals surface area contributed by atoms with Gasteiger partial charge in [-0.1, -0.05) is 13.0 Å². The minimum absolute atomic E-state index is 0.202. The maximum Gasteiger partial charge on any atom is 0.223 e. The van der Waals surface area contributed by atoms with Crippen molar-refractivity contribution in [1.82, 2.24) is 9.88 Å². The topological polar surface area (TPSA) is 59.2 Å². The molecule has 2 heterocycles. The Morgan fingerprint density at radius 2 is 2.41 bits per heavy atom. The van der Waals surface area contributed by atoms with E-state index < -0.39 is 0 Å². The van der Waals surface area contributed by atoms with Crippen LogP contribution >= 0.6 is 0 Å². The van der Waals surface area contributed by atoms with Crippen molar-refractivity contribution in [2.75, 3.05) is 13.1 Å². The third kappa shape index (κ3) is 2.64. The van der Waals surface area contributed by atoms with E-state index >= 15 is 0 Å². The Hall–Kier alpha value is -1.42. The van der Waals surface area contributed by atoms with Gasteiger partial charge in [0.2, 0.25) is 5.91 Å². The number of hydrogen-bond acceptors (Lipinski definition) is 3. The molecule has 1 aliphatic rings. The molecular formula is C13H19N3O. The number of carbonyl (C=O) groups is 1. The van der Waals surface area contributed by atoms with Crippen molar-refractivity contribution in [3.8, 4) is 0 Å². The highest BCUT2D eigenvalue weighted by Crippen LogP contribution is 2.19. The zero-order valence-electron chi connectivity index (χ0n) is 10.2. The lowest BCUT2D eigenvalue weighted by Gasteiger charge is -2.17. The van der Waals surface area contributed by atoms with Crippen molar-refractivity contribution < 1.29 is 4.79 Å². The van der Waals surface area contributed by atoms with E-state index in [0.29, 0.717) is 25.4 Å². The second-order valence-corrected chi connectivity index (χ2v) is 4.54. The summed E-state index contributed by atoms with van der Waals surface area (Å²) in [6, 6.07) is 4.01. The first kappa shape index (κ1) is 12.0. The number of hydrogen-bond donors (Lipinski definition) is 1. The number of aryl methyl sites for hydroxylation is 1. The molecule has 1 saturated heterocycles. The van der Waals surface area contributed by atoms with Gasteiger partial charge in [0.25, 0.3) is 0 Å². The highest BCUT2D eigenvalue weighted by molar-refractivity contribution is 5.78. The number of rotatable bonds is 4. The molecule has 0 aliphatic carbocycles. The van der Waals surface area contributed by atoms with Crippen molar-refractivity contribution in [1.29, 1.82) is 0 Å². The monoisotopic (exact) mass is 233 g/mol. The molecule has 2 rings (SSSR count). The van der Waals surface area contributed by atoms with Crippen LogP contribution in [0.3, 0.4) is 0 Å². The van der Waals surface area contributed by atoms with E-state index in [4.69, 9.17) is 5.73 Å². The SMILES string of the molecule is CCc1cccnc1CN1CC(CN)CC1=O. The van der Waals surface area contributed by atoms with Crippen LogP contribution in [0.2, 0.25) is 0 Å². The normalized spacial score (nSPS) is 20.0. The van der Waals surface area contributed by atoms with E-state index in [1.165, 1.54) is 5.56 Å². The van der Waals surface area contributed by atoms with Crippen LogP contribution in [0.1, 0.15) is 24.6 Å². The summed E-state index contributed by atoms with van der Waals surface area (Å²) in [5.74, 6) is 0.518. The smallest absolute Gasteiger partial charge is 0.223 e. The molecule has 0 aromatic carbocycles. The predicted octanol–water partition coefficient (Wildman–Crippen LogP) is 0.951. The second kappa shape index (κ2) is 5.27. The Morgan fingerprint density at radius 3 is 3.06 bits per heavy atom. The number of carbonyl (C=O) groups excluding carboxylic acids is 1. The van der Waals surface area contributed by atoms with Crippen molar-refractivity contribution in [2.24, 2.45) is 11.7 Å². The molecule has 0 saturated carbocycles. The summed E-state index contributed by atoms with van der Waals surface area (Å²) >= 11 is 0. The Morgan fingerprint density at radius 1 is 1.59 bits per heavy atom. The molecule has 92 valence electrons. The van der Waals surface area contributed by atoms with Gasteiger partial charge in [-0.15, -0.1) is 0 Å². The lowest BCUT2D eigenvalue weighted by atomic mass is 10.1. The Kier molecular flexibility index (Phi) is 3.74. The van der Waals surface area contributed by atoms with Crippen LogP contribution in [-0.2, 0) is 17.8 Å². The largest absolute Gasteiger partial charge is 0.336 e.